The fourth-order valence-corrected chi connectivity index (χ4v) is 4.02. The number of anilines is 1. The average molecular weight is 249 g/mol. The summed E-state index contributed by atoms with van der Waals surface area (Å²) in [6, 6.07) is 1.37. The fraction of sp³-hybridized carbons (Fsp3) is 0.692. The zero-order chi connectivity index (χ0) is 12.9. The van der Waals surface area contributed by atoms with Gasteiger partial charge in [-0.25, -0.2) is 4.79 Å². The molecule has 1 heterocycles. The molecule has 3 N–H and O–H groups in total. The Balaban J connectivity index is 1.96. The van der Waals surface area contributed by atoms with E-state index in [1.165, 1.54) is 31.7 Å². The minimum atomic E-state index is -0.422. The van der Waals surface area contributed by atoms with Crippen molar-refractivity contribution in [1.82, 2.24) is 9.55 Å². The highest BCUT2D eigenvalue weighted by molar-refractivity contribution is 5.27. The molecule has 2 bridgehead atoms. The third-order valence-electron chi connectivity index (χ3n) is 4.83. The number of H-pyrrole nitrogens is 1. The maximum Gasteiger partial charge on any atom is 0.330 e. The topological polar surface area (TPSA) is 80.9 Å². The summed E-state index contributed by atoms with van der Waals surface area (Å²) in [6.45, 7) is 2.04. The van der Waals surface area contributed by atoms with Crippen LogP contribution in [0.2, 0.25) is 0 Å². The predicted octanol–water partition coefficient (Wildman–Crippen LogP) is 1.12. The van der Waals surface area contributed by atoms with Gasteiger partial charge in [0.1, 0.15) is 5.82 Å². The number of nitrogens with one attached hydrogen (secondary N) is 1. The van der Waals surface area contributed by atoms with Gasteiger partial charge >= 0.3 is 5.69 Å². The minimum absolute atomic E-state index is 0.0737. The number of rotatable bonds is 2. The fourth-order valence-electron chi connectivity index (χ4n) is 4.02. The Morgan fingerprint density at radius 1 is 1.39 bits per heavy atom. The van der Waals surface area contributed by atoms with Gasteiger partial charge in [-0.2, -0.15) is 0 Å². The lowest BCUT2D eigenvalue weighted by Gasteiger charge is -2.29. The van der Waals surface area contributed by atoms with Crippen LogP contribution in [0.3, 0.4) is 0 Å². The first-order valence-electron chi connectivity index (χ1n) is 6.67. The molecule has 0 saturated heterocycles. The van der Waals surface area contributed by atoms with Crippen molar-refractivity contribution in [2.45, 2.75) is 38.6 Å². The summed E-state index contributed by atoms with van der Waals surface area (Å²) in [5.74, 6) is 2.36. The summed E-state index contributed by atoms with van der Waals surface area (Å²) >= 11 is 0. The van der Waals surface area contributed by atoms with Gasteiger partial charge in [-0.1, -0.05) is 6.42 Å². The molecule has 2 aliphatic carbocycles. The monoisotopic (exact) mass is 249 g/mol. The molecule has 1 aromatic rings. The van der Waals surface area contributed by atoms with Gasteiger partial charge < -0.3 is 5.73 Å². The molecular weight excluding hydrogens is 230 g/mol. The van der Waals surface area contributed by atoms with E-state index in [0.29, 0.717) is 5.92 Å². The molecule has 18 heavy (non-hydrogen) atoms. The Morgan fingerprint density at radius 3 is 2.72 bits per heavy atom. The number of fused-ring (bicyclic) bond motifs is 2. The maximum absolute atomic E-state index is 11.9. The average Bonchev–Trinajstić information content (AvgIpc) is 2.88. The molecule has 0 radical (unpaired) electrons. The van der Waals surface area contributed by atoms with Crippen LogP contribution in [-0.2, 0) is 0 Å². The number of nitrogens with two attached hydrogens (primary N) is 1. The van der Waals surface area contributed by atoms with Crippen molar-refractivity contribution < 1.29 is 0 Å². The smallest absolute Gasteiger partial charge is 0.330 e. The number of aromatic amines is 1. The van der Waals surface area contributed by atoms with Gasteiger partial charge in [0.2, 0.25) is 0 Å². The van der Waals surface area contributed by atoms with E-state index in [4.69, 9.17) is 5.73 Å². The highest BCUT2D eigenvalue weighted by atomic mass is 16.2. The molecular formula is C13H19N3O2. The van der Waals surface area contributed by atoms with E-state index < -0.39 is 5.56 Å². The first kappa shape index (κ1) is 11.6. The molecule has 2 fully saturated rings. The van der Waals surface area contributed by atoms with Crippen molar-refractivity contribution in [3.8, 4) is 0 Å². The molecule has 5 heteroatoms. The first-order chi connectivity index (χ1) is 8.56. The largest absolute Gasteiger partial charge is 0.385 e. The van der Waals surface area contributed by atoms with E-state index in [0.717, 1.165) is 11.8 Å². The van der Waals surface area contributed by atoms with E-state index in [-0.39, 0.29) is 17.5 Å². The number of nitrogen functional groups attached to an aromatic ring is 1. The zero-order valence-electron chi connectivity index (χ0n) is 10.6. The van der Waals surface area contributed by atoms with Crippen molar-refractivity contribution in [1.29, 1.82) is 0 Å². The second kappa shape index (κ2) is 4.00. The van der Waals surface area contributed by atoms with Crippen molar-refractivity contribution in [3.63, 3.8) is 0 Å². The quantitative estimate of drug-likeness (QED) is 0.824. The minimum Gasteiger partial charge on any atom is -0.385 e. The number of hydrogen-bond acceptors (Lipinski definition) is 3. The van der Waals surface area contributed by atoms with Gasteiger partial charge in [0.05, 0.1) is 0 Å². The molecule has 3 rings (SSSR count). The van der Waals surface area contributed by atoms with E-state index >= 15 is 0 Å². The summed E-state index contributed by atoms with van der Waals surface area (Å²) < 4.78 is 1.55. The van der Waals surface area contributed by atoms with Crippen molar-refractivity contribution >= 4 is 5.82 Å². The van der Waals surface area contributed by atoms with Crippen LogP contribution in [0, 0.1) is 17.8 Å². The maximum atomic E-state index is 11.9. The molecule has 2 aliphatic rings. The first-order valence-corrected chi connectivity index (χ1v) is 6.67. The van der Waals surface area contributed by atoms with Crippen LogP contribution in [0.25, 0.3) is 0 Å². The number of aromatic nitrogens is 2. The lowest BCUT2D eigenvalue weighted by atomic mass is 9.84. The Bertz CT molecular complexity index is 574. The Labute approximate surface area is 105 Å². The zero-order valence-corrected chi connectivity index (χ0v) is 10.6. The predicted molar refractivity (Wildman–Crippen MR) is 69.4 cm³/mol. The molecule has 0 amide bonds. The van der Waals surface area contributed by atoms with E-state index in [9.17, 15) is 9.59 Å². The van der Waals surface area contributed by atoms with Gasteiger partial charge in [-0.3, -0.25) is 14.3 Å². The SMILES string of the molecule is C[C@H]([C@H]1C[C@H]2CC[C@H]1C2)n1c(N)cc(=O)[nH]c1=O. The Kier molecular flexibility index (Phi) is 2.57. The molecule has 0 spiro atoms. The third kappa shape index (κ3) is 1.69. The second-order valence-corrected chi connectivity index (χ2v) is 5.81. The van der Waals surface area contributed by atoms with Crippen LogP contribution in [0.5, 0.6) is 0 Å². The molecule has 0 aromatic carbocycles. The number of nitrogens with zero attached hydrogens (tertiary/aromatic N) is 1. The van der Waals surface area contributed by atoms with Crippen LogP contribution in [-0.4, -0.2) is 9.55 Å². The summed E-state index contributed by atoms with van der Waals surface area (Å²) in [5, 5.41) is 0. The highest BCUT2D eigenvalue weighted by Gasteiger charge is 2.42. The highest BCUT2D eigenvalue weighted by Crippen LogP contribution is 2.52. The summed E-state index contributed by atoms with van der Waals surface area (Å²) in [6.07, 6.45) is 5.10. The van der Waals surface area contributed by atoms with Gasteiger partial charge in [-0.15, -0.1) is 0 Å². The van der Waals surface area contributed by atoms with Crippen molar-refractivity contribution in [2.24, 2.45) is 17.8 Å². The summed E-state index contributed by atoms with van der Waals surface area (Å²) in [7, 11) is 0. The molecule has 2 saturated carbocycles. The van der Waals surface area contributed by atoms with E-state index in [1.807, 2.05) is 6.92 Å². The summed E-state index contributed by atoms with van der Waals surface area (Å²) in [5.41, 5.74) is 5.03. The molecule has 1 aromatic heterocycles. The van der Waals surface area contributed by atoms with E-state index in [2.05, 4.69) is 4.98 Å². The van der Waals surface area contributed by atoms with E-state index in [1.54, 1.807) is 4.57 Å². The second-order valence-electron chi connectivity index (χ2n) is 5.81. The van der Waals surface area contributed by atoms with Crippen LogP contribution < -0.4 is 17.0 Å². The molecule has 0 aliphatic heterocycles. The molecule has 98 valence electrons. The third-order valence-corrected chi connectivity index (χ3v) is 4.83. The van der Waals surface area contributed by atoms with Gasteiger partial charge in [-0.05, 0) is 43.9 Å². The van der Waals surface area contributed by atoms with Crippen LogP contribution in [0.15, 0.2) is 15.7 Å². The lowest BCUT2D eigenvalue weighted by Crippen LogP contribution is -2.36. The van der Waals surface area contributed by atoms with Crippen molar-refractivity contribution in [2.75, 3.05) is 5.73 Å². The molecule has 4 atom stereocenters. The van der Waals surface area contributed by atoms with Gasteiger partial charge in [0.25, 0.3) is 5.56 Å². The Hall–Kier alpha value is -1.52. The molecule has 5 nitrogen and oxygen atoms in total. The van der Waals surface area contributed by atoms with Gasteiger partial charge in [0, 0.05) is 12.1 Å². The lowest BCUT2D eigenvalue weighted by molar-refractivity contribution is 0.239. The van der Waals surface area contributed by atoms with Crippen LogP contribution >= 0.6 is 0 Å². The van der Waals surface area contributed by atoms with Crippen molar-refractivity contribution in [3.05, 3.63) is 26.9 Å². The number of hydrogen-bond donors (Lipinski definition) is 2. The standard InChI is InChI=1S/C13H19N3O2/c1-7(10-5-8-2-3-9(10)4-8)16-11(14)6-12(17)15-13(16)18/h6-10H,2-5,14H2,1H3,(H,15,17,18)/t7-,8+,9+,10-/m1/s1. The Morgan fingerprint density at radius 2 is 2.17 bits per heavy atom. The van der Waals surface area contributed by atoms with Gasteiger partial charge in [0.15, 0.2) is 0 Å². The normalized spacial score (nSPS) is 31.7. The van der Waals surface area contributed by atoms with Crippen LogP contribution in [0.1, 0.15) is 38.6 Å². The molecule has 0 unspecified atom stereocenters. The van der Waals surface area contributed by atoms with Crippen LogP contribution in [0.4, 0.5) is 5.82 Å². The summed E-state index contributed by atoms with van der Waals surface area (Å²) in [4.78, 5) is 25.4.